The number of benzene rings is 3. The number of aromatic nitrogens is 2. The molecule has 0 spiro atoms. The van der Waals surface area contributed by atoms with Gasteiger partial charge in [-0.15, -0.1) is 0 Å². The number of ether oxygens (including phenoxy) is 2. The number of aromatic amines is 1. The highest BCUT2D eigenvalue weighted by molar-refractivity contribution is 9.10. The molecular formula is C28H23BrN2O4. The maximum atomic E-state index is 12.3. The van der Waals surface area contributed by atoms with E-state index in [2.05, 4.69) is 57.3 Å². The number of hydrogen-bond acceptors (Lipinski definition) is 4. The van der Waals surface area contributed by atoms with Crippen molar-refractivity contribution in [3.63, 3.8) is 0 Å². The largest absolute Gasteiger partial charge is 0.358 e. The van der Waals surface area contributed by atoms with E-state index >= 15 is 0 Å². The molecule has 0 saturated carbocycles. The number of rotatable bonds is 7. The first-order valence-corrected chi connectivity index (χ1v) is 12.0. The van der Waals surface area contributed by atoms with Crippen molar-refractivity contribution in [1.82, 2.24) is 9.55 Å². The predicted octanol–water partition coefficient (Wildman–Crippen LogP) is 4.76. The van der Waals surface area contributed by atoms with Crippen LogP contribution in [0.1, 0.15) is 22.9 Å². The van der Waals surface area contributed by atoms with Crippen LogP contribution in [0.25, 0.3) is 0 Å². The van der Waals surface area contributed by atoms with Crippen LogP contribution in [0.2, 0.25) is 0 Å². The first kappa shape index (κ1) is 23.2. The summed E-state index contributed by atoms with van der Waals surface area (Å²) in [6.45, 7) is 0.241. The third-order valence-electron chi connectivity index (χ3n) is 6.01. The van der Waals surface area contributed by atoms with Gasteiger partial charge in [0.1, 0.15) is 11.7 Å². The lowest BCUT2D eigenvalue weighted by molar-refractivity contribution is -0.0685. The van der Waals surface area contributed by atoms with E-state index < -0.39 is 29.2 Å². The molecule has 176 valence electrons. The molecule has 2 heterocycles. The Morgan fingerprint density at radius 3 is 1.86 bits per heavy atom. The summed E-state index contributed by atoms with van der Waals surface area (Å²) in [5.41, 5.74) is 1.11. The zero-order valence-electron chi connectivity index (χ0n) is 18.7. The summed E-state index contributed by atoms with van der Waals surface area (Å²) in [5, 5.41) is 0. The molecular weight excluding hydrogens is 508 g/mol. The average molecular weight is 531 g/mol. The van der Waals surface area contributed by atoms with Crippen LogP contribution in [-0.4, -0.2) is 22.3 Å². The Balaban J connectivity index is 1.48. The minimum atomic E-state index is -0.864. The summed E-state index contributed by atoms with van der Waals surface area (Å²) in [4.78, 5) is 26.3. The topological polar surface area (TPSA) is 73.3 Å². The van der Waals surface area contributed by atoms with Crippen LogP contribution in [0.3, 0.4) is 0 Å². The Morgan fingerprint density at radius 2 is 1.34 bits per heavy atom. The molecule has 0 radical (unpaired) electrons. The van der Waals surface area contributed by atoms with Crippen molar-refractivity contribution in [1.29, 1.82) is 0 Å². The molecule has 5 rings (SSSR count). The summed E-state index contributed by atoms with van der Waals surface area (Å²) in [6, 6.07) is 30.3. The monoisotopic (exact) mass is 530 g/mol. The van der Waals surface area contributed by atoms with Crippen molar-refractivity contribution >= 4 is 15.9 Å². The van der Waals surface area contributed by atoms with Gasteiger partial charge >= 0.3 is 5.69 Å². The van der Waals surface area contributed by atoms with Crippen molar-refractivity contribution in [2.45, 2.75) is 17.9 Å². The smallest absolute Gasteiger partial charge is 0.330 e. The summed E-state index contributed by atoms with van der Waals surface area (Å²) in [7, 11) is 0. The van der Waals surface area contributed by atoms with E-state index in [0.717, 1.165) is 16.7 Å². The third kappa shape index (κ3) is 4.58. The number of halogens is 1. The lowest BCUT2D eigenvalue weighted by atomic mass is 9.80. The molecule has 6 nitrogen and oxygen atoms in total. The molecule has 1 aromatic heterocycles. The molecule has 7 heteroatoms. The van der Waals surface area contributed by atoms with Crippen LogP contribution in [0.4, 0.5) is 0 Å². The molecule has 1 aliphatic heterocycles. The Hall–Kier alpha value is -3.52. The van der Waals surface area contributed by atoms with E-state index in [1.807, 2.05) is 60.7 Å². The minimum absolute atomic E-state index is 0.241. The molecule has 1 N–H and O–H groups in total. The molecule has 0 amide bonds. The molecule has 2 atom stereocenters. The first-order chi connectivity index (χ1) is 17.1. The molecule has 0 saturated heterocycles. The standard InChI is InChI=1S/C28H23BrN2O4/c29-24-18-31(27(33)30-26(24)32)25-17-16-23(35-25)19-34-28(20-10-4-1-5-11-20,21-12-6-2-7-13-21)22-14-8-3-9-15-22/h1-18,23,25H,19H2,(H,30,32,33)/t23-,25+/m0/s1. The summed E-state index contributed by atoms with van der Waals surface area (Å²) in [6.07, 6.45) is 4.05. The number of nitrogens with zero attached hydrogens (tertiary/aromatic N) is 1. The Labute approximate surface area is 210 Å². The van der Waals surface area contributed by atoms with Crippen molar-refractivity contribution in [2.24, 2.45) is 0 Å². The van der Waals surface area contributed by atoms with Gasteiger partial charge in [0, 0.05) is 6.20 Å². The van der Waals surface area contributed by atoms with Crippen LogP contribution in [0, 0.1) is 0 Å². The lowest BCUT2D eigenvalue weighted by Crippen LogP contribution is -2.36. The fourth-order valence-corrected chi connectivity index (χ4v) is 4.69. The van der Waals surface area contributed by atoms with Gasteiger partial charge < -0.3 is 9.47 Å². The lowest BCUT2D eigenvalue weighted by Gasteiger charge is -2.36. The second-order valence-electron chi connectivity index (χ2n) is 8.18. The van der Waals surface area contributed by atoms with Gasteiger partial charge in [-0.05, 0) is 38.7 Å². The van der Waals surface area contributed by atoms with Gasteiger partial charge in [-0.1, -0.05) is 97.1 Å². The third-order valence-corrected chi connectivity index (χ3v) is 6.57. The van der Waals surface area contributed by atoms with Gasteiger partial charge in [0.25, 0.3) is 5.56 Å². The van der Waals surface area contributed by atoms with Crippen molar-refractivity contribution in [2.75, 3.05) is 6.61 Å². The Morgan fingerprint density at radius 1 is 0.829 bits per heavy atom. The first-order valence-electron chi connectivity index (χ1n) is 11.2. The Bertz CT molecular complexity index is 1340. The van der Waals surface area contributed by atoms with Gasteiger partial charge in [-0.3, -0.25) is 14.3 Å². The quantitative estimate of drug-likeness (QED) is 0.276. The molecule has 0 fully saturated rings. The predicted molar refractivity (Wildman–Crippen MR) is 137 cm³/mol. The number of hydrogen-bond donors (Lipinski definition) is 1. The zero-order chi connectivity index (χ0) is 24.3. The van der Waals surface area contributed by atoms with Crippen molar-refractivity contribution in [3.8, 4) is 0 Å². The van der Waals surface area contributed by atoms with E-state index in [1.54, 1.807) is 6.08 Å². The Kier molecular flexibility index (Phi) is 6.63. The average Bonchev–Trinajstić information content (AvgIpc) is 3.37. The highest BCUT2D eigenvalue weighted by Crippen LogP contribution is 2.41. The van der Waals surface area contributed by atoms with Crippen LogP contribution >= 0.6 is 15.9 Å². The van der Waals surface area contributed by atoms with E-state index in [0.29, 0.717) is 0 Å². The van der Waals surface area contributed by atoms with Gasteiger partial charge in [-0.2, -0.15) is 0 Å². The van der Waals surface area contributed by atoms with Crippen molar-refractivity contribution in [3.05, 3.63) is 151 Å². The van der Waals surface area contributed by atoms with E-state index in [9.17, 15) is 9.59 Å². The fraction of sp³-hybridized carbons (Fsp3) is 0.143. The van der Waals surface area contributed by atoms with Gasteiger partial charge in [0.2, 0.25) is 0 Å². The SMILES string of the molecule is O=c1[nH]c(=O)n([C@H]2C=C[C@@H](COC(c3ccccc3)(c3ccccc3)c3ccccc3)O2)cc1Br. The number of nitrogens with one attached hydrogen (secondary N) is 1. The van der Waals surface area contributed by atoms with Crippen LogP contribution < -0.4 is 11.2 Å². The second-order valence-corrected chi connectivity index (χ2v) is 9.04. The molecule has 35 heavy (non-hydrogen) atoms. The highest BCUT2D eigenvalue weighted by atomic mass is 79.9. The van der Waals surface area contributed by atoms with Crippen LogP contribution in [0.15, 0.2) is 123 Å². The highest BCUT2D eigenvalue weighted by Gasteiger charge is 2.38. The van der Waals surface area contributed by atoms with E-state index in [4.69, 9.17) is 9.47 Å². The van der Waals surface area contributed by atoms with E-state index in [1.165, 1.54) is 10.8 Å². The van der Waals surface area contributed by atoms with Crippen LogP contribution in [-0.2, 0) is 15.1 Å². The number of H-pyrrole nitrogens is 1. The normalized spacial score (nSPS) is 17.5. The fourth-order valence-electron chi connectivity index (χ4n) is 4.37. The van der Waals surface area contributed by atoms with Gasteiger partial charge in [0.05, 0.1) is 11.1 Å². The molecule has 1 aliphatic rings. The molecule has 0 bridgehead atoms. The molecule has 4 aromatic rings. The summed E-state index contributed by atoms with van der Waals surface area (Å²) < 4.78 is 14.5. The van der Waals surface area contributed by atoms with Gasteiger partial charge in [0.15, 0.2) is 6.23 Å². The zero-order valence-corrected chi connectivity index (χ0v) is 20.3. The van der Waals surface area contributed by atoms with Crippen molar-refractivity contribution < 1.29 is 9.47 Å². The van der Waals surface area contributed by atoms with Crippen LogP contribution in [0.5, 0.6) is 0 Å². The molecule has 3 aromatic carbocycles. The molecule has 0 aliphatic carbocycles. The van der Waals surface area contributed by atoms with E-state index in [-0.39, 0.29) is 11.1 Å². The molecule has 0 unspecified atom stereocenters. The summed E-state index contributed by atoms with van der Waals surface area (Å²) >= 11 is 3.17. The second kappa shape index (κ2) is 10.00. The maximum Gasteiger partial charge on any atom is 0.330 e. The van der Waals surface area contributed by atoms with Gasteiger partial charge in [-0.25, -0.2) is 4.79 Å². The summed E-state index contributed by atoms with van der Waals surface area (Å²) in [5.74, 6) is 0. The minimum Gasteiger partial charge on any atom is -0.358 e. The maximum absolute atomic E-state index is 12.3.